The molecule has 1 aliphatic heterocycles. The second-order valence-electron chi connectivity index (χ2n) is 6.40. The largest absolute Gasteiger partial charge is 0.327 e. The normalized spacial score (nSPS) is 24.0. The van der Waals surface area contributed by atoms with E-state index in [9.17, 15) is 4.39 Å². The summed E-state index contributed by atoms with van der Waals surface area (Å²) in [5.74, 6) is -0.194. The summed E-state index contributed by atoms with van der Waals surface area (Å²) in [4.78, 5) is 4.34. The van der Waals surface area contributed by atoms with E-state index in [4.69, 9.17) is 0 Å². The molecule has 1 aromatic heterocycles. The van der Waals surface area contributed by atoms with Gasteiger partial charge in [-0.2, -0.15) is 0 Å². The maximum absolute atomic E-state index is 13.1. The molecule has 1 saturated carbocycles. The third-order valence-electron chi connectivity index (χ3n) is 5.11. The third kappa shape index (κ3) is 2.27. The van der Waals surface area contributed by atoms with Crippen LogP contribution in [0.25, 0.3) is 11.3 Å². The monoisotopic (exact) mass is 285 g/mol. The molecule has 4 heteroatoms. The average molecular weight is 285 g/mol. The summed E-state index contributed by atoms with van der Waals surface area (Å²) in [5, 5.41) is 3.71. The molecule has 110 valence electrons. The maximum atomic E-state index is 13.1. The molecule has 2 aromatic rings. The molecule has 4 rings (SSSR count). The fourth-order valence-electron chi connectivity index (χ4n) is 3.79. The van der Waals surface area contributed by atoms with Crippen LogP contribution in [0.3, 0.4) is 0 Å². The topological polar surface area (TPSA) is 29.9 Å². The Morgan fingerprint density at radius 1 is 1.24 bits per heavy atom. The van der Waals surface area contributed by atoms with Crippen LogP contribution in [-0.4, -0.2) is 21.6 Å². The number of halogens is 1. The minimum absolute atomic E-state index is 0.194. The summed E-state index contributed by atoms with van der Waals surface area (Å²) >= 11 is 0. The van der Waals surface area contributed by atoms with Crippen molar-refractivity contribution < 1.29 is 4.39 Å². The second-order valence-corrected chi connectivity index (χ2v) is 6.40. The van der Waals surface area contributed by atoms with Crippen LogP contribution in [0.15, 0.2) is 36.8 Å². The maximum Gasteiger partial charge on any atom is 0.123 e. The van der Waals surface area contributed by atoms with Gasteiger partial charge in [-0.3, -0.25) is 0 Å². The fourth-order valence-corrected chi connectivity index (χ4v) is 3.79. The highest BCUT2D eigenvalue weighted by molar-refractivity contribution is 5.58. The van der Waals surface area contributed by atoms with E-state index in [0.717, 1.165) is 24.2 Å². The van der Waals surface area contributed by atoms with Crippen molar-refractivity contribution in [3.63, 3.8) is 0 Å². The number of nitrogens with zero attached hydrogens (tertiary/aromatic N) is 2. The van der Waals surface area contributed by atoms with Crippen molar-refractivity contribution in [3.8, 4) is 11.3 Å². The SMILES string of the molecule is Fc1ccc(-c2cncn2C2CCNC3(CCC3)C2)cc1. The number of aromatic nitrogens is 2. The van der Waals surface area contributed by atoms with E-state index in [1.807, 2.05) is 24.7 Å². The lowest BCUT2D eigenvalue weighted by molar-refractivity contribution is 0.110. The minimum atomic E-state index is -0.194. The number of hydrogen-bond acceptors (Lipinski definition) is 2. The first-order valence-electron chi connectivity index (χ1n) is 7.79. The van der Waals surface area contributed by atoms with Crippen LogP contribution in [0, 0.1) is 5.82 Å². The highest BCUT2D eigenvalue weighted by atomic mass is 19.1. The smallest absolute Gasteiger partial charge is 0.123 e. The molecule has 0 radical (unpaired) electrons. The second kappa shape index (κ2) is 4.95. The zero-order valence-corrected chi connectivity index (χ0v) is 12.1. The Morgan fingerprint density at radius 3 is 2.76 bits per heavy atom. The van der Waals surface area contributed by atoms with Crippen LogP contribution >= 0.6 is 0 Å². The molecule has 1 N–H and O–H groups in total. The van der Waals surface area contributed by atoms with E-state index in [1.54, 1.807) is 0 Å². The summed E-state index contributed by atoms with van der Waals surface area (Å²) in [5.41, 5.74) is 2.50. The summed E-state index contributed by atoms with van der Waals surface area (Å²) in [7, 11) is 0. The third-order valence-corrected chi connectivity index (χ3v) is 5.11. The first-order valence-corrected chi connectivity index (χ1v) is 7.79. The molecule has 2 heterocycles. The van der Waals surface area contributed by atoms with Crippen LogP contribution in [-0.2, 0) is 0 Å². The summed E-state index contributed by atoms with van der Waals surface area (Å²) < 4.78 is 15.4. The molecule has 0 bridgehead atoms. The standard InChI is InChI=1S/C17H20FN3/c18-14-4-2-13(3-5-14)16-11-19-12-21(16)15-6-9-20-17(10-15)7-1-8-17/h2-5,11-12,15,20H,1,6-10H2. The van der Waals surface area contributed by atoms with Crippen LogP contribution in [0.5, 0.6) is 0 Å². The molecule has 0 amide bonds. The van der Waals surface area contributed by atoms with E-state index in [1.165, 1.54) is 37.8 Å². The van der Waals surface area contributed by atoms with Crippen LogP contribution in [0.2, 0.25) is 0 Å². The predicted octanol–water partition coefficient (Wildman–Crippen LogP) is 3.54. The Kier molecular flexibility index (Phi) is 3.07. The molecule has 1 unspecified atom stereocenters. The van der Waals surface area contributed by atoms with Gasteiger partial charge in [0.15, 0.2) is 0 Å². The molecule has 2 aliphatic rings. The number of imidazole rings is 1. The van der Waals surface area contributed by atoms with Gasteiger partial charge in [0.25, 0.3) is 0 Å². The van der Waals surface area contributed by atoms with E-state index < -0.39 is 0 Å². The van der Waals surface area contributed by atoms with Gasteiger partial charge in [0.1, 0.15) is 5.82 Å². The summed E-state index contributed by atoms with van der Waals surface area (Å²) in [6, 6.07) is 7.20. The van der Waals surface area contributed by atoms with Gasteiger partial charge < -0.3 is 9.88 Å². The predicted molar refractivity (Wildman–Crippen MR) is 80.5 cm³/mol. The Labute approximate surface area is 124 Å². The average Bonchev–Trinajstić information content (AvgIpc) is 2.96. The Hall–Kier alpha value is -1.68. The zero-order valence-electron chi connectivity index (χ0n) is 12.1. The minimum Gasteiger partial charge on any atom is -0.327 e. The molecule has 21 heavy (non-hydrogen) atoms. The van der Waals surface area contributed by atoms with Crippen molar-refractivity contribution in [3.05, 3.63) is 42.6 Å². The Morgan fingerprint density at radius 2 is 2.05 bits per heavy atom. The molecule has 1 saturated heterocycles. The lowest BCUT2D eigenvalue weighted by Gasteiger charge is -2.48. The number of benzene rings is 1. The van der Waals surface area contributed by atoms with Gasteiger partial charge in [0, 0.05) is 11.6 Å². The first kappa shape index (κ1) is 13.0. The van der Waals surface area contributed by atoms with Gasteiger partial charge in [-0.1, -0.05) is 0 Å². The van der Waals surface area contributed by atoms with Crippen LogP contribution in [0.1, 0.15) is 38.1 Å². The molecule has 1 aliphatic carbocycles. The van der Waals surface area contributed by atoms with Crippen LogP contribution < -0.4 is 5.32 Å². The zero-order chi connectivity index (χ0) is 14.3. The van der Waals surface area contributed by atoms with Crippen LogP contribution in [0.4, 0.5) is 4.39 Å². The van der Waals surface area contributed by atoms with Gasteiger partial charge in [0.2, 0.25) is 0 Å². The van der Waals surface area contributed by atoms with Crippen molar-refractivity contribution in [2.45, 2.75) is 43.7 Å². The van der Waals surface area contributed by atoms with Crippen molar-refractivity contribution in [1.29, 1.82) is 0 Å². The van der Waals surface area contributed by atoms with Gasteiger partial charge in [-0.05, 0) is 68.5 Å². The van der Waals surface area contributed by atoms with Crippen molar-refractivity contribution in [2.24, 2.45) is 0 Å². The summed E-state index contributed by atoms with van der Waals surface area (Å²) in [6.07, 6.45) is 10.1. The van der Waals surface area contributed by atoms with E-state index in [0.29, 0.717) is 11.6 Å². The number of nitrogens with one attached hydrogen (secondary N) is 1. The highest BCUT2D eigenvalue weighted by Gasteiger charge is 2.41. The highest BCUT2D eigenvalue weighted by Crippen LogP contribution is 2.42. The molecule has 1 aromatic carbocycles. The molecule has 3 nitrogen and oxygen atoms in total. The molecular weight excluding hydrogens is 265 g/mol. The van der Waals surface area contributed by atoms with E-state index in [2.05, 4.69) is 14.9 Å². The molecule has 1 spiro atoms. The quantitative estimate of drug-likeness (QED) is 0.914. The van der Waals surface area contributed by atoms with Gasteiger partial charge in [-0.15, -0.1) is 0 Å². The Bertz CT molecular complexity index is 628. The first-order chi connectivity index (χ1) is 10.3. The number of hydrogen-bond donors (Lipinski definition) is 1. The Balaban J connectivity index is 1.64. The molecule has 2 fully saturated rings. The van der Waals surface area contributed by atoms with E-state index in [-0.39, 0.29) is 5.82 Å². The van der Waals surface area contributed by atoms with Crippen molar-refractivity contribution >= 4 is 0 Å². The van der Waals surface area contributed by atoms with Gasteiger partial charge in [-0.25, -0.2) is 9.37 Å². The van der Waals surface area contributed by atoms with Gasteiger partial charge in [0.05, 0.1) is 18.2 Å². The lowest BCUT2D eigenvalue weighted by atomic mass is 9.70. The summed E-state index contributed by atoms with van der Waals surface area (Å²) in [6.45, 7) is 1.08. The van der Waals surface area contributed by atoms with Gasteiger partial charge >= 0.3 is 0 Å². The molecular formula is C17H20FN3. The lowest BCUT2D eigenvalue weighted by Crippen LogP contribution is -2.55. The number of rotatable bonds is 2. The van der Waals surface area contributed by atoms with Crippen molar-refractivity contribution in [1.82, 2.24) is 14.9 Å². The number of piperidine rings is 1. The fraction of sp³-hybridized carbons (Fsp3) is 0.471. The van der Waals surface area contributed by atoms with E-state index >= 15 is 0 Å². The van der Waals surface area contributed by atoms with Crippen molar-refractivity contribution in [2.75, 3.05) is 6.54 Å². The molecule has 1 atom stereocenters.